The van der Waals surface area contributed by atoms with E-state index in [9.17, 15) is 0 Å². The molecule has 0 amide bonds. The summed E-state index contributed by atoms with van der Waals surface area (Å²) >= 11 is 5.17. The van der Waals surface area contributed by atoms with Crippen LogP contribution < -0.4 is 5.73 Å². The third-order valence-electron chi connectivity index (χ3n) is 2.78. The van der Waals surface area contributed by atoms with Gasteiger partial charge >= 0.3 is 0 Å². The smallest absolute Gasteiger partial charge is 0.0519 e. The van der Waals surface area contributed by atoms with Crippen molar-refractivity contribution in [2.45, 2.75) is 12.6 Å². The molecule has 1 aromatic carbocycles. The van der Waals surface area contributed by atoms with Crippen molar-refractivity contribution in [2.24, 2.45) is 5.73 Å². The summed E-state index contributed by atoms with van der Waals surface area (Å²) in [5.74, 6) is 0. The van der Waals surface area contributed by atoms with Gasteiger partial charge in [0.1, 0.15) is 0 Å². The largest absolute Gasteiger partial charge is 0.322 e. The molecule has 0 bridgehead atoms. The van der Waals surface area contributed by atoms with Gasteiger partial charge in [0.05, 0.1) is 6.04 Å². The Bertz CT molecular complexity index is 467. The minimum Gasteiger partial charge on any atom is -0.322 e. The van der Waals surface area contributed by atoms with E-state index in [2.05, 4.69) is 69.7 Å². The van der Waals surface area contributed by atoms with Gasteiger partial charge in [-0.2, -0.15) is 0 Å². The van der Waals surface area contributed by atoms with Crippen LogP contribution in [0.1, 0.15) is 16.5 Å². The summed E-state index contributed by atoms with van der Waals surface area (Å²) in [5.41, 5.74) is 7.48. The lowest BCUT2D eigenvalue weighted by atomic mass is 10.2. The van der Waals surface area contributed by atoms with Crippen molar-refractivity contribution in [1.29, 1.82) is 0 Å². The lowest BCUT2D eigenvalue weighted by Crippen LogP contribution is -2.28. The molecule has 0 aliphatic heterocycles. The summed E-state index contributed by atoms with van der Waals surface area (Å²) in [6.07, 6.45) is 0. The van der Waals surface area contributed by atoms with Gasteiger partial charge in [-0.3, -0.25) is 0 Å². The molecule has 2 nitrogen and oxygen atoms in total. The Balaban J connectivity index is 1.88. The van der Waals surface area contributed by atoms with Gasteiger partial charge in [0.2, 0.25) is 0 Å². The summed E-state index contributed by atoms with van der Waals surface area (Å²) in [6, 6.07) is 12.7. The molecule has 1 unspecified atom stereocenters. The van der Waals surface area contributed by atoms with Crippen LogP contribution in [0.2, 0.25) is 0 Å². The Morgan fingerprint density at radius 3 is 2.61 bits per heavy atom. The topological polar surface area (TPSA) is 29.3 Å². The fraction of sp³-hybridized carbons (Fsp3) is 0.286. The summed E-state index contributed by atoms with van der Waals surface area (Å²) in [6.45, 7) is 1.79. The van der Waals surface area contributed by atoms with Crippen molar-refractivity contribution >= 4 is 27.3 Å². The van der Waals surface area contributed by atoms with Crippen LogP contribution in [-0.2, 0) is 6.54 Å². The normalized spacial score (nSPS) is 12.9. The maximum Gasteiger partial charge on any atom is 0.0519 e. The highest BCUT2D eigenvalue weighted by Crippen LogP contribution is 2.18. The molecule has 0 aliphatic rings. The molecule has 4 heteroatoms. The standard InChI is InChI=1S/C14H17BrN2S/c1-17(9-11-4-6-12(15)7-5-11)10-13(16)14-3-2-8-18-14/h2-8,13H,9-10,16H2,1H3. The fourth-order valence-electron chi connectivity index (χ4n) is 1.89. The molecule has 2 rings (SSSR count). The highest BCUT2D eigenvalue weighted by Gasteiger charge is 2.10. The minimum absolute atomic E-state index is 0.102. The van der Waals surface area contributed by atoms with Crippen LogP contribution in [0.15, 0.2) is 46.3 Å². The average molecular weight is 325 g/mol. The third-order valence-corrected chi connectivity index (χ3v) is 4.32. The van der Waals surface area contributed by atoms with E-state index in [1.54, 1.807) is 11.3 Å². The number of likely N-dealkylation sites (N-methyl/N-ethyl adjacent to an activating group) is 1. The van der Waals surface area contributed by atoms with Gasteiger partial charge in [0.25, 0.3) is 0 Å². The quantitative estimate of drug-likeness (QED) is 0.909. The molecular formula is C14H17BrN2S. The maximum absolute atomic E-state index is 6.18. The van der Waals surface area contributed by atoms with E-state index < -0.39 is 0 Å². The number of halogens is 1. The number of rotatable bonds is 5. The van der Waals surface area contributed by atoms with Gasteiger partial charge < -0.3 is 10.6 Å². The lowest BCUT2D eigenvalue weighted by Gasteiger charge is -2.20. The highest BCUT2D eigenvalue weighted by molar-refractivity contribution is 9.10. The van der Waals surface area contributed by atoms with Crippen molar-refractivity contribution in [1.82, 2.24) is 4.90 Å². The second-order valence-electron chi connectivity index (χ2n) is 4.45. The van der Waals surface area contributed by atoms with E-state index in [-0.39, 0.29) is 6.04 Å². The second kappa shape index (κ2) is 6.48. The predicted molar refractivity (Wildman–Crippen MR) is 81.7 cm³/mol. The second-order valence-corrected chi connectivity index (χ2v) is 6.34. The van der Waals surface area contributed by atoms with Crippen LogP contribution in [-0.4, -0.2) is 18.5 Å². The van der Waals surface area contributed by atoms with E-state index in [4.69, 9.17) is 5.73 Å². The number of benzene rings is 1. The zero-order valence-electron chi connectivity index (χ0n) is 10.3. The molecule has 1 aromatic heterocycles. The number of nitrogens with zero attached hydrogens (tertiary/aromatic N) is 1. The van der Waals surface area contributed by atoms with Gasteiger partial charge in [-0.15, -0.1) is 11.3 Å². The first-order valence-electron chi connectivity index (χ1n) is 5.87. The molecule has 0 fully saturated rings. The van der Waals surface area contributed by atoms with Crippen molar-refractivity contribution in [3.63, 3.8) is 0 Å². The molecule has 0 saturated heterocycles. The Labute approximate surface area is 121 Å². The molecule has 1 heterocycles. The molecule has 18 heavy (non-hydrogen) atoms. The number of hydrogen-bond donors (Lipinski definition) is 1. The average Bonchev–Trinajstić information content (AvgIpc) is 2.85. The van der Waals surface area contributed by atoms with Gasteiger partial charge in [0.15, 0.2) is 0 Å². The van der Waals surface area contributed by atoms with Crippen LogP contribution >= 0.6 is 27.3 Å². The Hall–Kier alpha value is -0.680. The van der Waals surface area contributed by atoms with Crippen LogP contribution in [0.5, 0.6) is 0 Å². The predicted octanol–water partition coefficient (Wildman–Crippen LogP) is 3.64. The van der Waals surface area contributed by atoms with Crippen LogP contribution in [0.3, 0.4) is 0 Å². The van der Waals surface area contributed by atoms with E-state index in [1.807, 2.05) is 0 Å². The summed E-state index contributed by atoms with van der Waals surface area (Å²) in [4.78, 5) is 3.51. The molecule has 2 aromatic rings. The van der Waals surface area contributed by atoms with Crippen molar-refractivity contribution in [2.75, 3.05) is 13.6 Å². The minimum atomic E-state index is 0.102. The monoisotopic (exact) mass is 324 g/mol. The van der Waals surface area contributed by atoms with Crippen LogP contribution in [0.25, 0.3) is 0 Å². The third kappa shape index (κ3) is 3.92. The van der Waals surface area contributed by atoms with Gasteiger partial charge in [-0.1, -0.05) is 34.1 Å². The summed E-state index contributed by atoms with van der Waals surface area (Å²) in [5, 5.41) is 2.07. The Morgan fingerprint density at radius 2 is 2.00 bits per heavy atom. The van der Waals surface area contributed by atoms with E-state index >= 15 is 0 Å². The molecule has 0 radical (unpaired) electrons. The van der Waals surface area contributed by atoms with E-state index in [1.165, 1.54) is 10.4 Å². The number of thiophene rings is 1. The number of nitrogens with two attached hydrogens (primary N) is 1. The first kappa shape index (κ1) is 13.7. The zero-order valence-corrected chi connectivity index (χ0v) is 12.7. The molecule has 96 valence electrons. The SMILES string of the molecule is CN(Cc1ccc(Br)cc1)CC(N)c1cccs1. The van der Waals surface area contributed by atoms with Crippen LogP contribution in [0, 0.1) is 0 Å². The molecule has 2 N–H and O–H groups in total. The maximum atomic E-state index is 6.18. The highest BCUT2D eigenvalue weighted by atomic mass is 79.9. The van der Waals surface area contributed by atoms with Gasteiger partial charge in [-0.25, -0.2) is 0 Å². The summed E-state index contributed by atoms with van der Waals surface area (Å²) < 4.78 is 1.11. The zero-order chi connectivity index (χ0) is 13.0. The van der Waals surface area contributed by atoms with Crippen molar-refractivity contribution in [3.05, 3.63) is 56.7 Å². The van der Waals surface area contributed by atoms with Crippen molar-refractivity contribution in [3.8, 4) is 0 Å². The fourth-order valence-corrected chi connectivity index (χ4v) is 2.88. The lowest BCUT2D eigenvalue weighted by molar-refractivity contribution is 0.306. The molecule has 0 aliphatic carbocycles. The Morgan fingerprint density at radius 1 is 1.28 bits per heavy atom. The summed E-state index contributed by atoms with van der Waals surface area (Å²) in [7, 11) is 2.11. The first-order chi connectivity index (χ1) is 8.65. The molecule has 1 atom stereocenters. The molecule has 0 spiro atoms. The van der Waals surface area contributed by atoms with Gasteiger partial charge in [-0.05, 0) is 36.2 Å². The molecular weight excluding hydrogens is 308 g/mol. The first-order valence-corrected chi connectivity index (χ1v) is 7.54. The van der Waals surface area contributed by atoms with E-state index in [0.29, 0.717) is 0 Å². The number of hydrogen-bond acceptors (Lipinski definition) is 3. The van der Waals surface area contributed by atoms with Crippen molar-refractivity contribution < 1.29 is 0 Å². The van der Waals surface area contributed by atoms with Crippen LogP contribution in [0.4, 0.5) is 0 Å². The van der Waals surface area contributed by atoms with Gasteiger partial charge in [0, 0.05) is 22.4 Å². The molecule has 0 saturated carbocycles. The van der Waals surface area contributed by atoms with E-state index in [0.717, 1.165) is 17.6 Å². The Kier molecular flexibility index (Phi) is 4.95.